The third-order valence-electron chi connectivity index (χ3n) is 5.46. The Morgan fingerprint density at radius 3 is 1.71 bits per heavy atom. The second-order valence-corrected chi connectivity index (χ2v) is 19.0. The highest BCUT2D eigenvalue weighted by Gasteiger charge is 2.40. The van der Waals surface area contributed by atoms with E-state index in [0.717, 1.165) is 12.0 Å². The first kappa shape index (κ1) is 21.0. The van der Waals surface area contributed by atoms with Crippen molar-refractivity contribution in [2.45, 2.75) is 77.8 Å². The van der Waals surface area contributed by atoms with E-state index in [9.17, 15) is 4.79 Å². The molecule has 136 valence electrons. The first-order chi connectivity index (χ1) is 10.6. The third kappa shape index (κ3) is 4.73. The number of benzene rings is 1. The zero-order valence-electron chi connectivity index (χ0n) is 17.0. The van der Waals surface area contributed by atoms with Crippen molar-refractivity contribution in [1.29, 1.82) is 0 Å². The second-order valence-electron chi connectivity index (χ2n) is 9.54. The Morgan fingerprint density at radius 1 is 0.833 bits per heavy atom. The molecule has 1 rings (SSSR count). The number of rotatable bonds is 5. The van der Waals surface area contributed by atoms with Crippen molar-refractivity contribution < 1.29 is 13.6 Å². The first-order valence-electron chi connectivity index (χ1n) is 8.58. The summed E-state index contributed by atoms with van der Waals surface area (Å²) in [6.45, 7) is 21.9. The molecule has 0 N–H and O–H groups in total. The van der Waals surface area contributed by atoms with Crippen molar-refractivity contribution in [3.05, 3.63) is 23.8 Å². The minimum absolute atomic E-state index is 0.0868. The zero-order valence-corrected chi connectivity index (χ0v) is 19.0. The van der Waals surface area contributed by atoms with E-state index in [1.54, 1.807) is 0 Å². The third-order valence-corrected chi connectivity index (χ3v) is 14.2. The van der Waals surface area contributed by atoms with Crippen LogP contribution in [0.15, 0.2) is 18.2 Å². The minimum Gasteiger partial charge on any atom is -0.543 e. The van der Waals surface area contributed by atoms with Crippen molar-refractivity contribution in [2.75, 3.05) is 0 Å². The standard InChI is InChI=1S/C19H34O3Si2/c1-18(2,3)23(7,8)21-16-11-12-17(15(13-16)14-20)22-24(9,10)19(4,5)6/h11-14H,1-10H3. The van der Waals surface area contributed by atoms with Gasteiger partial charge in [0.05, 0.1) is 5.56 Å². The summed E-state index contributed by atoms with van der Waals surface area (Å²) in [6.07, 6.45) is 0.862. The zero-order chi connectivity index (χ0) is 19.0. The van der Waals surface area contributed by atoms with Gasteiger partial charge < -0.3 is 8.85 Å². The van der Waals surface area contributed by atoms with Crippen LogP contribution in [0.5, 0.6) is 11.5 Å². The van der Waals surface area contributed by atoms with E-state index in [1.807, 2.05) is 18.2 Å². The summed E-state index contributed by atoms with van der Waals surface area (Å²) >= 11 is 0. The topological polar surface area (TPSA) is 35.5 Å². The van der Waals surface area contributed by atoms with E-state index in [2.05, 4.69) is 67.7 Å². The Bertz CT molecular complexity index is 594. The highest BCUT2D eigenvalue weighted by Crippen LogP contribution is 2.40. The Kier molecular flexibility index (Phi) is 5.83. The van der Waals surface area contributed by atoms with Gasteiger partial charge in [0.15, 0.2) is 6.29 Å². The molecule has 1 aromatic rings. The normalized spacial score (nSPS) is 13.6. The molecule has 0 aliphatic carbocycles. The summed E-state index contributed by atoms with van der Waals surface area (Å²) in [4.78, 5) is 11.6. The lowest BCUT2D eigenvalue weighted by atomic mass is 10.2. The molecule has 0 atom stereocenters. The summed E-state index contributed by atoms with van der Waals surface area (Å²) in [5.41, 5.74) is 0.566. The number of carbonyl (C=O) groups excluding carboxylic acids is 1. The van der Waals surface area contributed by atoms with Gasteiger partial charge in [-0.25, -0.2) is 0 Å². The maximum absolute atomic E-state index is 11.6. The van der Waals surface area contributed by atoms with Crippen LogP contribution in [0.1, 0.15) is 51.9 Å². The molecule has 0 radical (unpaired) electrons. The van der Waals surface area contributed by atoms with Crippen LogP contribution in [0, 0.1) is 0 Å². The molecule has 5 heteroatoms. The first-order valence-corrected chi connectivity index (χ1v) is 14.4. The van der Waals surface area contributed by atoms with E-state index in [0.29, 0.717) is 11.3 Å². The van der Waals surface area contributed by atoms with Crippen molar-refractivity contribution in [3.63, 3.8) is 0 Å². The lowest BCUT2D eigenvalue weighted by molar-refractivity contribution is 0.112. The van der Waals surface area contributed by atoms with E-state index in [1.165, 1.54) is 0 Å². The van der Waals surface area contributed by atoms with E-state index in [-0.39, 0.29) is 10.1 Å². The second kappa shape index (κ2) is 6.67. The van der Waals surface area contributed by atoms with Gasteiger partial charge in [0.2, 0.25) is 8.32 Å². The number of hydrogen-bond acceptors (Lipinski definition) is 3. The van der Waals surface area contributed by atoms with Crippen molar-refractivity contribution in [1.82, 2.24) is 0 Å². The highest BCUT2D eigenvalue weighted by atomic mass is 28.4. The Morgan fingerprint density at radius 2 is 1.29 bits per heavy atom. The van der Waals surface area contributed by atoms with Gasteiger partial charge in [0.25, 0.3) is 8.32 Å². The van der Waals surface area contributed by atoms with Gasteiger partial charge in [-0.3, -0.25) is 4.79 Å². The molecule has 0 amide bonds. The summed E-state index contributed by atoms with van der Waals surface area (Å²) in [6, 6.07) is 5.62. The number of carbonyl (C=O) groups is 1. The molecular weight excluding hydrogens is 332 g/mol. The maximum atomic E-state index is 11.6. The molecule has 0 aromatic heterocycles. The number of hydrogen-bond donors (Lipinski definition) is 0. The van der Waals surface area contributed by atoms with Crippen molar-refractivity contribution in [2.24, 2.45) is 0 Å². The largest absolute Gasteiger partial charge is 0.543 e. The molecule has 0 unspecified atom stereocenters. The average Bonchev–Trinajstić information content (AvgIpc) is 2.37. The van der Waals surface area contributed by atoms with E-state index >= 15 is 0 Å². The minimum atomic E-state index is -1.98. The Balaban J connectivity index is 3.13. The SMILES string of the molecule is CC(C)(C)[Si](C)(C)Oc1ccc(O[Si](C)(C)C(C)(C)C)c(C=O)c1. The molecule has 0 fully saturated rings. The van der Waals surface area contributed by atoms with Crippen molar-refractivity contribution in [3.8, 4) is 11.5 Å². The van der Waals surface area contributed by atoms with E-state index < -0.39 is 16.6 Å². The van der Waals surface area contributed by atoms with Crippen LogP contribution in [0.4, 0.5) is 0 Å². The Labute approximate surface area is 150 Å². The smallest absolute Gasteiger partial charge is 0.250 e. The lowest BCUT2D eigenvalue weighted by Gasteiger charge is -2.37. The number of aldehydes is 1. The van der Waals surface area contributed by atoms with Crippen LogP contribution in [-0.4, -0.2) is 22.9 Å². The summed E-state index contributed by atoms with van der Waals surface area (Å²) in [7, 11) is -3.90. The lowest BCUT2D eigenvalue weighted by Crippen LogP contribution is -2.44. The van der Waals surface area contributed by atoms with Gasteiger partial charge in [-0.05, 0) is 54.5 Å². The van der Waals surface area contributed by atoms with Gasteiger partial charge >= 0.3 is 0 Å². The molecule has 1 aromatic carbocycles. The van der Waals surface area contributed by atoms with Crippen LogP contribution in [-0.2, 0) is 0 Å². The molecule has 0 heterocycles. The van der Waals surface area contributed by atoms with Gasteiger partial charge in [0.1, 0.15) is 11.5 Å². The highest BCUT2D eigenvalue weighted by molar-refractivity contribution is 6.75. The fraction of sp³-hybridized carbons (Fsp3) is 0.632. The molecule has 0 bridgehead atoms. The van der Waals surface area contributed by atoms with Gasteiger partial charge in [-0.15, -0.1) is 0 Å². The molecule has 0 aliphatic rings. The molecule has 0 spiro atoms. The van der Waals surface area contributed by atoms with Crippen LogP contribution >= 0.6 is 0 Å². The van der Waals surface area contributed by atoms with Crippen LogP contribution in [0.2, 0.25) is 36.3 Å². The van der Waals surface area contributed by atoms with Crippen LogP contribution in [0.3, 0.4) is 0 Å². The summed E-state index contributed by atoms with van der Waals surface area (Å²) < 4.78 is 12.6. The van der Waals surface area contributed by atoms with Crippen molar-refractivity contribution >= 4 is 22.9 Å². The summed E-state index contributed by atoms with van der Waals surface area (Å²) in [5, 5.41) is 0.202. The quantitative estimate of drug-likeness (QED) is 0.455. The molecule has 0 saturated carbocycles. The fourth-order valence-corrected chi connectivity index (χ4v) is 3.72. The molecule has 0 saturated heterocycles. The monoisotopic (exact) mass is 366 g/mol. The predicted molar refractivity (Wildman–Crippen MR) is 107 cm³/mol. The summed E-state index contributed by atoms with van der Waals surface area (Å²) in [5.74, 6) is 1.42. The van der Waals surface area contributed by atoms with Gasteiger partial charge in [0, 0.05) is 0 Å². The molecule has 24 heavy (non-hydrogen) atoms. The predicted octanol–water partition coefficient (Wildman–Crippen LogP) is 6.27. The molecule has 0 aliphatic heterocycles. The van der Waals surface area contributed by atoms with Crippen LogP contribution in [0.25, 0.3) is 0 Å². The van der Waals surface area contributed by atoms with Crippen LogP contribution < -0.4 is 8.85 Å². The Hall–Kier alpha value is -1.08. The maximum Gasteiger partial charge on any atom is 0.250 e. The van der Waals surface area contributed by atoms with Gasteiger partial charge in [-0.2, -0.15) is 0 Å². The molecular formula is C19H34O3Si2. The molecule has 3 nitrogen and oxygen atoms in total. The van der Waals surface area contributed by atoms with E-state index in [4.69, 9.17) is 8.85 Å². The fourth-order valence-electron chi connectivity index (χ4n) is 1.65. The average molecular weight is 367 g/mol. The van der Waals surface area contributed by atoms with Gasteiger partial charge in [-0.1, -0.05) is 41.5 Å².